The molecule has 3 saturated heterocycles. The number of likely N-dealkylation sites (tertiary alicyclic amines) is 1. The molecule has 1 saturated carbocycles. The van der Waals surface area contributed by atoms with E-state index >= 15 is 4.39 Å². The van der Waals surface area contributed by atoms with Gasteiger partial charge in [0.25, 0.3) is 0 Å². The molecule has 2 aromatic carbocycles. The Bertz CT molecular complexity index is 1980. The zero-order valence-electron chi connectivity index (χ0n) is 33.4. The second kappa shape index (κ2) is 18.6. The van der Waals surface area contributed by atoms with Crippen LogP contribution in [-0.2, 0) is 19.2 Å². The van der Waals surface area contributed by atoms with Gasteiger partial charge in [-0.15, -0.1) is 0 Å². The molecule has 4 amide bonds. The number of aromatic nitrogens is 2. The Hall–Kier alpha value is -5.18. The number of piperidine rings is 3. The summed E-state index contributed by atoms with van der Waals surface area (Å²) in [5, 5.41) is 12.1. The first-order valence-electron chi connectivity index (χ1n) is 21.0. The van der Waals surface area contributed by atoms with E-state index in [9.17, 15) is 23.6 Å². The van der Waals surface area contributed by atoms with Crippen LogP contribution in [0.1, 0.15) is 90.2 Å². The van der Waals surface area contributed by atoms with Crippen LogP contribution >= 0.6 is 0 Å². The largest absolute Gasteiger partial charge is 0.374 e. The minimum absolute atomic E-state index is 0. The molecule has 318 valence electrons. The van der Waals surface area contributed by atoms with Gasteiger partial charge < -0.3 is 30.7 Å². The van der Waals surface area contributed by atoms with E-state index in [1.165, 1.54) is 12.3 Å². The van der Waals surface area contributed by atoms with Crippen LogP contribution in [0.2, 0.25) is 0 Å². The monoisotopic (exact) mass is 807 g/mol. The van der Waals surface area contributed by atoms with E-state index in [4.69, 9.17) is 0 Å². The highest BCUT2D eigenvalue weighted by Gasteiger charge is 2.33. The molecular formula is C43H63F2N9O4. The van der Waals surface area contributed by atoms with Crippen LogP contribution in [-0.4, -0.2) is 95.4 Å². The fourth-order valence-electron chi connectivity index (χ4n) is 8.92. The molecule has 58 heavy (non-hydrogen) atoms. The third-order valence-corrected chi connectivity index (χ3v) is 12.3. The quantitative estimate of drug-likeness (QED) is 0.147. The molecule has 1 unspecified atom stereocenters. The van der Waals surface area contributed by atoms with Crippen LogP contribution in [0, 0.1) is 17.6 Å². The summed E-state index contributed by atoms with van der Waals surface area (Å²) in [7, 11) is 0. The molecule has 1 aliphatic carbocycles. The molecule has 13 nitrogen and oxygen atoms in total. The number of hydrogen-bond acceptors (Lipinski definition) is 10. The van der Waals surface area contributed by atoms with E-state index < -0.39 is 11.9 Å². The minimum atomic E-state index is -0.560. The van der Waals surface area contributed by atoms with Gasteiger partial charge in [-0.25, -0.2) is 18.7 Å². The van der Waals surface area contributed by atoms with Gasteiger partial charge in [-0.1, -0.05) is 19.1 Å². The van der Waals surface area contributed by atoms with Crippen molar-refractivity contribution >= 4 is 46.6 Å². The average Bonchev–Trinajstić information content (AvgIpc) is 3.23. The third kappa shape index (κ3) is 9.74. The van der Waals surface area contributed by atoms with Crippen molar-refractivity contribution in [1.29, 1.82) is 0 Å². The second-order valence-corrected chi connectivity index (χ2v) is 16.0. The maximum absolute atomic E-state index is 15.2. The van der Waals surface area contributed by atoms with E-state index in [1.807, 2.05) is 19.9 Å². The van der Waals surface area contributed by atoms with Crippen LogP contribution < -0.4 is 31.1 Å². The fraction of sp³-hybridized carbons (Fsp3) is 0.535. The molecule has 3 aliphatic heterocycles. The number of imide groups is 1. The Morgan fingerprint density at radius 2 is 1.64 bits per heavy atom. The second-order valence-electron chi connectivity index (χ2n) is 16.0. The SMILES string of the molecule is CCC(=O)N(CC)c1cccc(-c2nc(NC3CCC(C(=O)NC4CCN(C5CCN(c6ccc(NC7CCC(=O)NC7=O)cc6F)CC5)CC4)CC3)ncc2F)c1.[HH].[HH].[HH].[HH]. The highest BCUT2D eigenvalue weighted by Crippen LogP contribution is 2.31. The highest BCUT2D eigenvalue weighted by atomic mass is 19.1. The number of nitrogens with zero attached hydrogens (tertiary/aromatic N) is 5. The van der Waals surface area contributed by atoms with Crippen molar-refractivity contribution in [3.05, 3.63) is 60.3 Å². The number of nitrogens with one attached hydrogen (secondary N) is 4. The molecule has 1 atom stereocenters. The molecule has 4 aliphatic rings. The summed E-state index contributed by atoms with van der Waals surface area (Å²) >= 11 is 0. The number of carbonyl (C=O) groups excluding carboxylic acids is 4. The summed E-state index contributed by atoms with van der Waals surface area (Å²) in [6.07, 6.45) is 8.89. The van der Waals surface area contributed by atoms with Crippen molar-refractivity contribution in [3.63, 3.8) is 0 Å². The lowest BCUT2D eigenvalue weighted by atomic mass is 9.85. The van der Waals surface area contributed by atoms with Gasteiger partial charge in [0.2, 0.25) is 29.6 Å². The summed E-state index contributed by atoms with van der Waals surface area (Å²) in [4.78, 5) is 64.3. The number of carbonyl (C=O) groups is 4. The van der Waals surface area contributed by atoms with Crippen LogP contribution in [0.4, 0.5) is 31.8 Å². The number of halogens is 2. The van der Waals surface area contributed by atoms with Gasteiger partial charge in [0.1, 0.15) is 17.6 Å². The van der Waals surface area contributed by atoms with E-state index in [1.54, 1.807) is 35.2 Å². The number of benzene rings is 2. The average molecular weight is 808 g/mol. The molecule has 15 heteroatoms. The van der Waals surface area contributed by atoms with Crippen LogP contribution in [0.5, 0.6) is 0 Å². The zero-order chi connectivity index (χ0) is 40.8. The molecule has 4 fully saturated rings. The highest BCUT2D eigenvalue weighted by molar-refractivity contribution is 6.01. The zero-order valence-corrected chi connectivity index (χ0v) is 33.4. The normalized spacial score (nSPS) is 22.3. The number of anilines is 4. The standard InChI is InChI=1S/C43H55F2N9O4.4H2/c1-3-39(56)54(4-2)33-7-5-6-28(24-33)40-35(45)26-46-43(51-40)49-29-10-8-27(9-11-29)41(57)48-30-16-20-52(21-17-30)32-18-22-53(23-19-32)37-14-12-31(25-34(37)44)47-36-13-15-38(55)50-42(36)58;;;;/h5-7,12,14,24-27,29-30,32,36,47H,3-4,8-11,13,15-23H2,1-2H3,(H,48,57)(H,46,49,51)(H,50,55,58);4*1H. The molecule has 1 aromatic heterocycles. The smallest absolute Gasteiger partial charge is 0.249 e. The lowest BCUT2D eigenvalue weighted by Crippen LogP contribution is -2.52. The van der Waals surface area contributed by atoms with Crippen molar-refractivity contribution in [2.45, 2.75) is 109 Å². The maximum atomic E-state index is 15.2. The van der Waals surface area contributed by atoms with Crippen molar-refractivity contribution < 1.29 is 33.7 Å². The van der Waals surface area contributed by atoms with E-state index in [0.717, 1.165) is 77.5 Å². The predicted molar refractivity (Wildman–Crippen MR) is 228 cm³/mol. The first-order chi connectivity index (χ1) is 28.1. The molecule has 7 rings (SSSR count). The predicted octanol–water partition coefficient (Wildman–Crippen LogP) is 6.61. The molecule has 0 bridgehead atoms. The summed E-state index contributed by atoms with van der Waals surface area (Å²) in [6.45, 7) is 7.56. The lowest BCUT2D eigenvalue weighted by molar-refractivity contribution is -0.133. The van der Waals surface area contributed by atoms with Gasteiger partial charge in [0.15, 0.2) is 5.82 Å². The fourth-order valence-corrected chi connectivity index (χ4v) is 8.92. The number of hydrogen-bond donors (Lipinski definition) is 4. The van der Waals surface area contributed by atoms with Crippen molar-refractivity contribution in [1.82, 2.24) is 25.5 Å². The van der Waals surface area contributed by atoms with Crippen molar-refractivity contribution in [2.24, 2.45) is 5.92 Å². The van der Waals surface area contributed by atoms with E-state index in [2.05, 4.69) is 41.0 Å². The Balaban J connectivity index is 0.00000256. The van der Waals surface area contributed by atoms with Gasteiger partial charge in [0.05, 0.1) is 11.9 Å². The number of amides is 4. The van der Waals surface area contributed by atoms with E-state index in [0.29, 0.717) is 54.0 Å². The summed E-state index contributed by atoms with van der Waals surface area (Å²) in [6, 6.07) is 12.2. The minimum Gasteiger partial charge on any atom is -0.374 e. The topological polar surface area (TPSA) is 152 Å². The summed E-state index contributed by atoms with van der Waals surface area (Å²) in [5.41, 5.74) is 2.51. The van der Waals surface area contributed by atoms with Crippen LogP contribution in [0.15, 0.2) is 48.7 Å². The van der Waals surface area contributed by atoms with E-state index in [-0.39, 0.29) is 65.3 Å². The maximum Gasteiger partial charge on any atom is 0.249 e. The number of rotatable bonds is 12. The van der Waals surface area contributed by atoms with Gasteiger partial charge in [0, 0.05) is 92.3 Å². The molecule has 3 aromatic rings. The first-order valence-corrected chi connectivity index (χ1v) is 21.0. The van der Waals surface area contributed by atoms with Crippen LogP contribution in [0.25, 0.3) is 11.3 Å². The van der Waals surface area contributed by atoms with Gasteiger partial charge >= 0.3 is 0 Å². The van der Waals surface area contributed by atoms with Gasteiger partial charge in [-0.2, -0.15) is 0 Å². The molecule has 4 N–H and O–H groups in total. The van der Waals surface area contributed by atoms with Gasteiger partial charge in [-0.3, -0.25) is 24.5 Å². The Morgan fingerprint density at radius 3 is 2.33 bits per heavy atom. The first kappa shape index (κ1) is 41.0. The Kier molecular flexibility index (Phi) is 13.1. The Morgan fingerprint density at radius 1 is 0.879 bits per heavy atom. The summed E-state index contributed by atoms with van der Waals surface area (Å²) in [5.74, 6) is -1.15. The van der Waals surface area contributed by atoms with Crippen molar-refractivity contribution in [2.75, 3.05) is 53.2 Å². The third-order valence-electron chi connectivity index (χ3n) is 12.3. The van der Waals surface area contributed by atoms with Crippen molar-refractivity contribution in [3.8, 4) is 11.3 Å². The van der Waals surface area contributed by atoms with Gasteiger partial charge in [-0.05, 0) is 95.0 Å². The molecule has 0 radical (unpaired) electrons. The van der Waals surface area contributed by atoms with Crippen LogP contribution in [0.3, 0.4) is 0 Å². The molecular weight excluding hydrogens is 745 g/mol. The lowest BCUT2D eigenvalue weighted by Gasteiger charge is -2.42. The Labute approximate surface area is 344 Å². The molecule has 4 heterocycles. The molecule has 0 spiro atoms. The summed E-state index contributed by atoms with van der Waals surface area (Å²) < 4.78 is 30.2.